The zero-order valence-electron chi connectivity index (χ0n) is 10.4. The van der Waals surface area contributed by atoms with Crippen LogP contribution in [-0.2, 0) is 6.54 Å². The van der Waals surface area contributed by atoms with Crippen molar-refractivity contribution in [2.75, 3.05) is 7.05 Å². The predicted octanol–water partition coefficient (Wildman–Crippen LogP) is 3.66. The van der Waals surface area contributed by atoms with E-state index in [0.717, 1.165) is 22.3 Å². The molecule has 0 amide bonds. The Morgan fingerprint density at radius 2 is 1.78 bits per heavy atom. The zero-order chi connectivity index (χ0) is 13.1. The van der Waals surface area contributed by atoms with Crippen molar-refractivity contribution in [1.29, 1.82) is 0 Å². The second kappa shape index (κ2) is 5.27. The number of rotatable bonds is 3. The third kappa shape index (κ3) is 2.74. The third-order valence-electron chi connectivity index (χ3n) is 2.79. The average Bonchev–Trinajstić information content (AvgIpc) is 2.28. The normalized spacial score (nSPS) is 10.7. The van der Waals surface area contributed by atoms with E-state index in [4.69, 9.17) is 0 Å². The molecule has 0 aliphatic rings. The number of aryl methyl sites for hydroxylation is 1. The van der Waals surface area contributed by atoms with E-state index < -0.39 is 0 Å². The van der Waals surface area contributed by atoms with Gasteiger partial charge in [0, 0.05) is 6.54 Å². The number of hydrogen-bond donors (Lipinski definition) is 1. The van der Waals surface area contributed by atoms with Crippen LogP contribution in [0.15, 0.2) is 36.4 Å². The van der Waals surface area contributed by atoms with Crippen LogP contribution < -0.4 is 5.32 Å². The van der Waals surface area contributed by atoms with Crippen LogP contribution in [0.4, 0.5) is 8.78 Å². The van der Waals surface area contributed by atoms with Gasteiger partial charge in [-0.1, -0.05) is 12.1 Å². The third-order valence-corrected chi connectivity index (χ3v) is 2.79. The Kier molecular flexibility index (Phi) is 3.72. The van der Waals surface area contributed by atoms with Crippen molar-refractivity contribution in [1.82, 2.24) is 5.32 Å². The summed E-state index contributed by atoms with van der Waals surface area (Å²) in [4.78, 5) is 0. The number of halogens is 2. The van der Waals surface area contributed by atoms with Crippen LogP contribution in [0, 0.1) is 18.6 Å². The number of benzene rings is 2. The summed E-state index contributed by atoms with van der Waals surface area (Å²) in [5.74, 6) is -0.554. The lowest BCUT2D eigenvalue weighted by Gasteiger charge is -2.10. The van der Waals surface area contributed by atoms with Crippen LogP contribution in [0.3, 0.4) is 0 Å². The van der Waals surface area contributed by atoms with Gasteiger partial charge in [-0.05, 0) is 60.5 Å². The molecule has 0 radical (unpaired) electrons. The van der Waals surface area contributed by atoms with E-state index in [2.05, 4.69) is 5.32 Å². The molecule has 3 heteroatoms. The maximum Gasteiger partial charge on any atom is 0.124 e. The lowest BCUT2D eigenvalue weighted by atomic mass is 9.98. The molecule has 0 unspecified atom stereocenters. The lowest BCUT2D eigenvalue weighted by molar-refractivity contribution is 0.623. The highest BCUT2D eigenvalue weighted by Crippen LogP contribution is 2.26. The molecule has 0 heterocycles. The minimum atomic E-state index is -0.280. The quantitative estimate of drug-likeness (QED) is 0.872. The summed E-state index contributed by atoms with van der Waals surface area (Å²) < 4.78 is 26.7. The molecular weight excluding hydrogens is 232 g/mol. The first kappa shape index (κ1) is 12.7. The van der Waals surface area contributed by atoms with E-state index >= 15 is 0 Å². The van der Waals surface area contributed by atoms with Crippen LogP contribution >= 0.6 is 0 Å². The van der Waals surface area contributed by atoms with Crippen LogP contribution in [0.5, 0.6) is 0 Å². The van der Waals surface area contributed by atoms with Crippen molar-refractivity contribution in [3.05, 3.63) is 59.2 Å². The van der Waals surface area contributed by atoms with Crippen LogP contribution in [0.1, 0.15) is 11.1 Å². The summed E-state index contributed by atoms with van der Waals surface area (Å²) >= 11 is 0. The molecule has 94 valence electrons. The Morgan fingerprint density at radius 1 is 1.00 bits per heavy atom. The van der Waals surface area contributed by atoms with Gasteiger partial charge in [0.25, 0.3) is 0 Å². The van der Waals surface area contributed by atoms with Gasteiger partial charge in [-0.25, -0.2) is 8.78 Å². The minimum absolute atomic E-state index is 0.273. The number of nitrogens with one attached hydrogen (secondary N) is 1. The van der Waals surface area contributed by atoms with E-state index in [9.17, 15) is 8.78 Å². The van der Waals surface area contributed by atoms with Gasteiger partial charge >= 0.3 is 0 Å². The first-order chi connectivity index (χ1) is 8.60. The summed E-state index contributed by atoms with van der Waals surface area (Å²) in [6, 6.07) is 9.41. The fourth-order valence-corrected chi connectivity index (χ4v) is 2.07. The maximum atomic E-state index is 13.4. The van der Waals surface area contributed by atoms with Crippen molar-refractivity contribution in [2.45, 2.75) is 13.5 Å². The highest BCUT2D eigenvalue weighted by Gasteiger charge is 2.08. The minimum Gasteiger partial charge on any atom is -0.316 e. The SMILES string of the molecule is CNCc1cc(F)ccc1-c1cc(C)cc(F)c1. The molecule has 0 aromatic heterocycles. The van der Waals surface area contributed by atoms with Gasteiger partial charge < -0.3 is 5.32 Å². The van der Waals surface area contributed by atoms with Crippen LogP contribution in [-0.4, -0.2) is 7.05 Å². The van der Waals surface area contributed by atoms with Crippen molar-refractivity contribution in [3.8, 4) is 11.1 Å². The van der Waals surface area contributed by atoms with E-state index in [0.29, 0.717) is 6.54 Å². The Bertz CT molecular complexity index is 544. The first-order valence-corrected chi connectivity index (χ1v) is 5.81. The fraction of sp³-hybridized carbons (Fsp3) is 0.200. The molecule has 0 spiro atoms. The molecule has 0 saturated heterocycles. The van der Waals surface area contributed by atoms with Crippen molar-refractivity contribution < 1.29 is 8.78 Å². The molecule has 1 nitrogen and oxygen atoms in total. The second-order valence-corrected chi connectivity index (χ2v) is 4.35. The van der Waals surface area contributed by atoms with E-state index in [1.54, 1.807) is 13.1 Å². The summed E-state index contributed by atoms with van der Waals surface area (Å²) in [6.45, 7) is 2.39. The van der Waals surface area contributed by atoms with Crippen molar-refractivity contribution in [2.24, 2.45) is 0 Å². The van der Waals surface area contributed by atoms with Gasteiger partial charge in [0.2, 0.25) is 0 Å². The summed E-state index contributed by atoms with van der Waals surface area (Å²) in [5, 5.41) is 2.99. The van der Waals surface area contributed by atoms with Crippen LogP contribution in [0.25, 0.3) is 11.1 Å². The van der Waals surface area contributed by atoms with E-state index in [1.807, 2.05) is 13.0 Å². The van der Waals surface area contributed by atoms with Gasteiger partial charge in [-0.15, -0.1) is 0 Å². The smallest absolute Gasteiger partial charge is 0.124 e. The van der Waals surface area contributed by atoms with Crippen molar-refractivity contribution >= 4 is 0 Å². The molecule has 0 fully saturated rings. The fourth-order valence-electron chi connectivity index (χ4n) is 2.07. The molecule has 1 N–H and O–H groups in total. The summed E-state index contributed by atoms with van der Waals surface area (Å²) in [7, 11) is 1.80. The van der Waals surface area contributed by atoms with E-state index in [1.165, 1.54) is 24.3 Å². The largest absolute Gasteiger partial charge is 0.316 e. The Labute approximate surface area is 105 Å². The maximum absolute atomic E-state index is 13.4. The van der Waals surface area contributed by atoms with E-state index in [-0.39, 0.29) is 11.6 Å². The van der Waals surface area contributed by atoms with Gasteiger partial charge in [0.15, 0.2) is 0 Å². The average molecular weight is 247 g/mol. The Balaban J connectivity index is 2.55. The summed E-state index contributed by atoms with van der Waals surface area (Å²) in [6.07, 6.45) is 0. The lowest BCUT2D eigenvalue weighted by Crippen LogP contribution is -2.07. The van der Waals surface area contributed by atoms with Gasteiger partial charge in [-0.2, -0.15) is 0 Å². The molecular formula is C15H15F2N. The molecule has 18 heavy (non-hydrogen) atoms. The Morgan fingerprint density at radius 3 is 2.44 bits per heavy atom. The molecule has 2 rings (SSSR count). The topological polar surface area (TPSA) is 12.0 Å². The monoisotopic (exact) mass is 247 g/mol. The van der Waals surface area contributed by atoms with Gasteiger partial charge in [-0.3, -0.25) is 0 Å². The molecule has 2 aromatic rings. The molecule has 0 bridgehead atoms. The standard InChI is InChI=1S/C15H15F2N/c1-10-5-11(7-14(17)6-10)15-4-3-13(16)8-12(15)9-18-2/h3-8,18H,9H2,1-2H3. The second-order valence-electron chi connectivity index (χ2n) is 4.35. The molecule has 0 saturated carbocycles. The van der Waals surface area contributed by atoms with Gasteiger partial charge in [0.05, 0.1) is 0 Å². The highest BCUT2D eigenvalue weighted by atomic mass is 19.1. The van der Waals surface area contributed by atoms with Crippen molar-refractivity contribution in [3.63, 3.8) is 0 Å². The summed E-state index contributed by atoms with van der Waals surface area (Å²) in [5.41, 5.74) is 3.30. The van der Waals surface area contributed by atoms with Gasteiger partial charge in [0.1, 0.15) is 11.6 Å². The zero-order valence-corrected chi connectivity index (χ0v) is 10.4. The molecule has 0 aliphatic heterocycles. The molecule has 0 aliphatic carbocycles. The predicted molar refractivity (Wildman–Crippen MR) is 69.3 cm³/mol. The number of hydrogen-bond acceptors (Lipinski definition) is 1. The molecule has 2 aromatic carbocycles. The molecule has 0 atom stereocenters. The Hall–Kier alpha value is -1.74. The first-order valence-electron chi connectivity index (χ1n) is 5.81. The van der Waals surface area contributed by atoms with Crippen LogP contribution in [0.2, 0.25) is 0 Å². The highest BCUT2D eigenvalue weighted by molar-refractivity contribution is 5.68.